The van der Waals surface area contributed by atoms with Crippen molar-refractivity contribution in [2.24, 2.45) is 0 Å². The van der Waals surface area contributed by atoms with Gasteiger partial charge in [-0.1, -0.05) is 25.8 Å². The first-order valence-electron chi connectivity index (χ1n) is 8.19. The van der Waals surface area contributed by atoms with Crippen molar-refractivity contribution in [2.75, 3.05) is 18.4 Å². The van der Waals surface area contributed by atoms with Gasteiger partial charge in [0, 0.05) is 18.8 Å². The van der Waals surface area contributed by atoms with Crippen LogP contribution in [-0.2, 0) is 6.18 Å². The molecule has 4 nitrogen and oxygen atoms in total. The number of carbonyl (C=O) groups is 1. The Morgan fingerprint density at radius 1 is 1.33 bits per heavy atom. The molecule has 2 N–H and O–H groups in total. The number of urea groups is 1. The van der Waals surface area contributed by atoms with Crippen LogP contribution in [0.4, 0.5) is 23.7 Å². The quantitative estimate of drug-likeness (QED) is 0.858. The number of halogens is 3. The number of benzene rings is 1. The van der Waals surface area contributed by atoms with Crippen LogP contribution in [0.2, 0.25) is 0 Å². The normalized spacial score (nSPS) is 17.6. The van der Waals surface area contributed by atoms with E-state index in [2.05, 4.69) is 12.2 Å². The van der Waals surface area contributed by atoms with Crippen LogP contribution in [0.5, 0.6) is 0 Å². The summed E-state index contributed by atoms with van der Waals surface area (Å²) in [5, 5.41) is 12.9. The number of alkyl halides is 3. The maximum absolute atomic E-state index is 12.7. The molecule has 1 aliphatic rings. The summed E-state index contributed by atoms with van der Waals surface area (Å²) >= 11 is 0. The number of amides is 2. The van der Waals surface area contributed by atoms with E-state index in [4.69, 9.17) is 0 Å². The molecule has 1 aromatic carbocycles. The van der Waals surface area contributed by atoms with E-state index in [0.717, 1.165) is 25.0 Å². The van der Waals surface area contributed by atoms with Gasteiger partial charge in [0.2, 0.25) is 0 Å². The van der Waals surface area contributed by atoms with E-state index in [1.165, 1.54) is 17.0 Å². The summed E-state index contributed by atoms with van der Waals surface area (Å²) in [4.78, 5) is 13.7. The molecular weight excluding hydrogens is 321 g/mol. The molecule has 24 heavy (non-hydrogen) atoms. The van der Waals surface area contributed by atoms with Gasteiger partial charge >= 0.3 is 12.2 Å². The molecule has 0 aromatic heterocycles. The van der Waals surface area contributed by atoms with E-state index < -0.39 is 23.4 Å². The minimum absolute atomic E-state index is 0.113. The van der Waals surface area contributed by atoms with Crippen LogP contribution >= 0.6 is 0 Å². The van der Waals surface area contributed by atoms with Crippen molar-refractivity contribution in [3.8, 4) is 0 Å². The summed E-state index contributed by atoms with van der Waals surface area (Å²) in [7, 11) is 0. The fourth-order valence-electron chi connectivity index (χ4n) is 2.86. The molecule has 1 heterocycles. The number of likely N-dealkylation sites (tertiary alicyclic amines) is 1. The van der Waals surface area contributed by atoms with Crippen LogP contribution in [0.1, 0.15) is 44.6 Å². The third kappa shape index (κ3) is 4.87. The highest BCUT2D eigenvalue weighted by Crippen LogP contribution is 2.31. The molecule has 0 bridgehead atoms. The Morgan fingerprint density at radius 3 is 2.58 bits per heavy atom. The minimum atomic E-state index is -4.44. The molecule has 0 unspecified atom stereocenters. The third-order valence-corrected chi connectivity index (χ3v) is 4.42. The first kappa shape index (κ1) is 18.6. The highest BCUT2D eigenvalue weighted by Gasteiger charge is 2.34. The standard InChI is InChI=1S/C17H23F3N2O2/c1-2-3-7-16(24)8-10-22(11-9-16)15(23)21-14-6-4-5-13(12-14)17(18,19)20/h4-6,12,24H,2-3,7-11H2,1H3,(H,21,23). The lowest BCUT2D eigenvalue weighted by molar-refractivity contribution is -0.137. The lowest BCUT2D eigenvalue weighted by Gasteiger charge is -2.38. The summed E-state index contributed by atoms with van der Waals surface area (Å²) < 4.78 is 38.1. The lowest BCUT2D eigenvalue weighted by atomic mass is 9.87. The van der Waals surface area contributed by atoms with Gasteiger partial charge in [0.15, 0.2) is 0 Å². The summed E-state index contributed by atoms with van der Waals surface area (Å²) in [5.41, 5.74) is -1.42. The molecule has 0 saturated carbocycles. The van der Waals surface area contributed by atoms with Crippen LogP contribution < -0.4 is 5.32 Å². The van der Waals surface area contributed by atoms with E-state index in [-0.39, 0.29) is 5.69 Å². The molecule has 2 rings (SSSR count). The van der Waals surface area contributed by atoms with E-state index in [9.17, 15) is 23.1 Å². The molecule has 0 aliphatic carbocycles. The van der Waals surface area contributed by atoms with Gasteiger partial charge in [-0.3, -0.25) is 0 Å². The van der Waals surface area contributed by atoms with Crippen molar-refractivity contribution < 1.29 is 23.1 Å². The Balaban J connectivity index is 1.92. The Kier molecular flexibility index (Phi) is 5.74. The van der Waals surface area contributed by atoms with E-state index in [0.29, 0.717) is 32.4 Å². The number of unbranched alkanes of at least 4 members (excludes halogenated alkanes) is 1. The van der Waals surface area contributed by atoms with Crippen LogP contribution in [0.25, 0.3) is 0 Å². The van der Waals surface area contributed by atoms with E-state index >= 15 is 0 Å². The van der Waals surface area contributed by atoms with Crippen molar-refractivity contribution in [3.05, 3.63) is 29.8 Å². The average molecular weight is 344 g/mol. The zero-order valence-electron chi connectivity index (χ0n) is 13.7. The predicted molar refractivity (Wildman–Crippen MR) is 85.7 cm³/mol. The highest BCUT2D eigenvalue weighted by molar-refractivity contribution is 5.89. The number of rotatable bonds is 4. The second-order valence-corrected chi connectivity index (χ2v) is 6.32. The van der Waals surface area contributed by atoms with Crippen molar-refractivity contribution in [1.82, 2.24) is 4.90 Å². The fourth-order valence-corrected chi connectivity index (χ4v) is 2.86. The van der Waals surface area contributed by atoms with Crippen LogP contribution in [0.3, 0.4) is 0 Å². The molecule has 0 spiro atoms. The van der Waals surface area contributed by atoms with Gasteiger partial charge in [0.05, 0.1) is 11.2 Å². The molecule has 1 saturated heterocycles. The third-order valence-electron chi connectivity index (χ3n) is 4.42. The van der Waals surface area contributed by atoms with Crippen molar-refractivity contribution in [2.45, 2.75) is 50.8 Å². The second kappa shape index (κ2) is 7.42. The highest BCUT2D eigenvalue weighted by atomic mass is 19.4. The number of piperidine rings is 1. The largest absolute Gasteiger partial charge is 0.416 e. The zero-order chi connectivity index (χ0) is 17.8. The monoisotopic (exact) mass is 344 g/mol. The number of anilines is 1. The SMILES string of the molecule is CCCCC1(O)CCN(C(=O)Nc2cccc(C(F)(F)F)c2)CC1. The minimum Gasteiger partial charge on any atom is -0.390 e. The topological polar surface area (TPSA) is 52.6 Å². The first-order valence-corrected chi connectivity index (χ1v) is 8.19. The van der Waals surface area contributed by atoms with E-state index in [1.807, 2.05) is 0 Å². The van der Waals surface area contributed by atoms with Crippen molar-refractivity contribution in [1.29, 1.82) is 0 Å². The number of hydrogen-bond donors (Lipinski definition) is 2. The number of nitrogens with zero attached hydrogens (tertiary/aromatic N) is 1. The van der Waals surface area contributed by atoms with Gasteiger partial charge in [-0.25, -0.2) is 4.79 Å². The van der Waals surface area contributed by atoms with Crippen LogP contribution in [-0.4, -0.2) is 34.7 Å². The summed E-state index contributed by atoms with van der Waals surface area (Å²) in [6.07, 6.45) is -0.810. The maximum Gasteiger partial charge on any atom is 0.416 e. The Morgan fingerprint density at radius 2 is 2.00 bits per heavy atom. The van der Waals surface area contributed by atoms with Crippen LogP contribution in [0.15, 0.2) is 24.3 Å². The fraction of sp³-hybridized carbons (Fsp3) is 0.588. The average Bonchev–Trinajstić information content (AvgIpc) is 2.53. The Labute approximate surface area is 139 Å². The number of carbonyl (C=O) groups excluding carboxylic acids is 1. The molecule has 134 valence electrons. The molecule has 1 aliphatic heterocycles. The number of hydrogen-bond acceptors (Lipinski definition) is 2. The van der Waals surface area contributed by atoms with Gasteiger partial charge in [0.25, 0.3) is 0 Å². The van der Waals surface area contributed by atoms with E-state index in [1.54, 1.807) is 0 Å². The maximum atomic E-state index is 12.7. The summed E-state index contributed by atoms with van der Waals surface area (Å²) in [6, 6.07) is 4.13. The lowest BCUT2D eigenvalue weighted by Crippen LogP contribution is -2.48. The second-order valence-electron chi connectivity index (χ2n) is 6.32. The Hall–Kier alpha value is -1.76. The van der Waals surface area contributed by atoms with Gasteiger partial charge in [0.1, 0.15) is 0 Å². The van der Waals surface area contributed by atoms with Crippen molar-refractivity contribution in [3.63, 3.8) is 0 Å². The molecule has 2 amide bonds. The molecule has 1 fully saturated rings. The molecular formula is C17H23F3N2O2. The van der Waals surface area contributed by atoms with Crippen molar-refractivity contribution >= 4 is 11.7 Å². The number of nitrogens with one attached hydrogen (secondary N) is 1. The zero-order valence-corrected chi connectivity index (χ0v) is 13.7. The summed E-state index contributed by atoms with van der Waals surface area (Å²) in [5.74, 6) is 0. The first-order chi connectivity index (χ1) is 11.2. The molecule has 0 radical (unpaired) electrons. The van der Waals surface area contributed by atoms with Gasteiger partial charge in [-0.15, -0.1) is 0 Å². The van der Waals surface area contributed by atoms with Crippen LogP contribution in [0, 0.1) is 0 Å². The van der Waals surface area contributed by atoms with Gasteiger partial charge in [-0.05, 0) is 37.5 Å². The predicted octanol–water partition coefficient (Wildman–Crippen LogP) is 4.25. The smallest absolute Gasteiger partial charge is 0.390 e. The Bertz CT molecular complexity index is 567. The van der Waals surface area contributed by atoms with Gasteiger partial charge < -0.3 is 15.3 Å². The van der Waals surface area contributed by atoms with Gasteiger partial charge in [-0.2, -0.15) is 13.2 Å². The molecule has 1 aromatic rings. The molecule has 0 atom stereocenters. The summed E-state index contributed by atoms with van der Waals surface area (Å²) in [6.45, 7) is 2.84. The number of aliphatic hydroxyl groups is 1. The molecule has 7 heteroatoms.